The van der Waals surface area contributed by atoms with E-state index in [1.54, 1.807) is 4.90 Å². The van der Waals surface area contributed by atoms with Crippen molar-refractivity contribution in [3.8, 4) is 0 Å². The molecular formula is C15H25N3O. The molecule has 0 heterocycles. The second-order valence-electron chi connectivity index (χ2n) is 5.12. The Labute approximate surface area is 116 Å². The van der Waals surface area contributed by atoms with Crippen LogP contribution < -0.4 is 5.73 Å². The van der Waals surface area contributed by atoms with Crippen LogP contribution in [0, 0.1) is 6.92 Å². The van der Waals surface area contributed by atoms with E-state index < -0.39 is 0 Å². The summed E-state index contributed by atoms with van der Waals surface area (Å²) >= 11 is 0. The lowest BCUT2D eigenvalue weighted by Crippen LogP contribution is -2.37. The molecular weight excluding hydrogens is 238 g/mol. The molecule has 0 radical (unpaired) electrons. The minimum absolute atomic E-state index is 0.139. The van der Waals surface area contributed by atoms with Crippen LogP contribution in [-0.2, 0) is 11.3 Å². The third kappa shape index (κ3) is 5.85. The molecule has 0 saturated carbocycles. The number of benzene rings is 1. The quantitative estimate of drug-likeness (QED) is 0.805. The van der Waals surface area contributed by atoms with Crippen molar-refractivity contribution in [1.29, 1.82) is 0 Å². The summed E-state index contributed by atoms with van der Waals surface area (Å²) in [6.45, 7) is 4.69. The Kier molecular flexibility index (Phi) is 6.53. The third-order valence-corrected chi connectivity index (χ3v) is 3.12. The lowest BCUT2D eigenvalue weighted by Gasteiger charge is -2.22. The number of amides is 1. The van der Waals surface area contributed by atoms with E-state index >= 15 is 0 Å². The molecule has 1 aromatic carbocycles. The lowest BCUT2D eigenvalue weighted by atomic mass is 10.1. The van der Waals surface area contributed by atoms with E-state index in [-0.39, 0.29) is 5.91 Å². The van der Waals surface area contributed by atoms with Crippen LogP contribution in [0.5, 0.6) is 0 Å². The lowest BCUT2D eigenvalue weighted by molar-refractivity contribution is -0.131. The average Bonchev–Trinajstić information content (AvgIpc) is 2.39. The molecule has 0 aliphatic rings. The van der Waals surface area contributed by atoms with Gasteiger partial charge in [0.2, 0.25) is 5.91 Å². The highest BCUT2D eigenvalue weighted by atomic mass is 16.2. The number of carbonyl (C=O) groups excluding carboxylic acids is 1. The van der Waals surface area contributed by atoms with Crippen LogP contribution in [-0.4, -0.2) is 49.4 Å². The van der Waals surface area contributed by atoms with Crippen LogP contribution in [0.4, 0.5) is 0 Å². The molecule has 1 rings (SSSR count). The largest absolute Gasteiger partial charge is 0.340 e. The molecule has 1 amide bonds. The van der Waals surface area contributed by atoms with Crippen molar-refractivity contribution in [1.82, 2.24) is 9.80 Å². The molecule has 2 N–H and O–H groups in total. The van der Waals surface area contributed by atoms with Crippen molar-refractivity contribution in [2.75, 3.05) is 33.7 Å². The maximum atomic E-state index is 12.0. The zero-order valence-corrected chi connectivity index (χ0v) is 12.2. The molecule has 0 unspecified atom stereocenters. The van der Waals surface area contributed by atoms with Gasteiger partial charge >= 0.3 is 0 Å². The Balaban J connectivity index is 2.42. The number of hydrogen-bond acceptors (Lipinski definition) is 3. The number of nitrogens with zero attached hydrogens (tertiary/aromatic N) is 2. The highest BCUT2D eigenvalue weighted by Crippen LogP contribution is 2.06. The SMILES string of the molecule is Cc1ccc(CN(C)C(=O)CN(C)CCCN)cc1. The van der Waals surface area contributed by atoms with Gasteiger partial charge in [-0.1, -0.05) is 29.8 Å². The summed E-state index contributed by atoms with van der Waals surface area (Å²) in [5.74, 6) is 0.139. The van der Waals surface area contributed by atoms with E-state index in [2.05, 4.69) is 31.2 Å². The second kappa shape index (κ2) is 7.92. The highest BCUT2D eigenvalue weighted by Gasteiger charge is 2.11. The van der Waals surface area contributed by atoms with Gasteiger partial charge in [0.1, 0.15) is 0 Å². The maximum absolute atomic E-state index is 12.0. The Bertz CT molecular complexity index is 389. The second-order valence-corrected chi connectivity index (χ2v) is 5.12. The molecule has 0 spiro atoms. The minimum Gasteiger partial charge on any atom is -0.340 e. The third-order valence-electron chi connectivity index (χ3n) is 3.12. The van der Waals surface area contributed by atoms with Gasteiger partial charge in [-0.25, -0.2) is 0 Å². The highest BCUT2D eigenvalue weighted by molar-refractivity contribution is 5.77. The van der Waals surface area contributed by atoms with E-state index in [4.69, 9.17) is 5.73 Å². The zero-order valence-electron chi connectivity index (χ0n) is 12.2. The van der Waals surface area contributed by atoms with Crippen molar-refractivity contribution < 1.29 is 4.79 Å². The van der Waals surface area contributed by atoms with E-state index in [0.29, 0.717) is 19.6 Å². The molecule has 0 fully saturated rings. The molecule has 1 aromatic rings. The van der Waals surface area contributed by atoms with Gasteiger partial charge in [0.25, 0.3) is 0 Å². The molecule has 4 nitrogen and oxygen atoms in total. The fraction of sp³-hybridized carbons (Fsp3) is 0.533. The van der Waals surface area contributed by atoms with E-state index in [9.17, 15) is 4.79 Å². The summed E-state index contributed by atoms with van der Waals surface area (Å²) in [5, 5.41) is 0. The summed E-state index contributed by atoms with van der Waals surface area (Å²) in [7, 11) is 3.80. The summed E-state index contributed by atoms with van der Waals surface area (Å²) in [6.07, 6.45) is 0.922. The first-order valence-corrected chi connectivity index (χ1v) is 6.71. The van der Waals surface area contributed by atoms with Crippen molar-refractivity contribution in [2.24, 2.45) is 5.73 Å². The molecule has 0 saturated heterocycles. The summed E-state index contributed by atoms with van der Waals surface area (Å²) in [4.78, 5) is 15.8. The maximum Gasteiger partial charge on any atom is 0.236 e. The topological polar surface area (TPSA) is 49.6 Å². The van der Waals surface area contributed by atoms with E-state index in [1.165, 1.54) is 5.56 Å². The van der Waals surface area contributed by atoms with E-state index in [1.807, 2.05) is 19.0 Å². The Morgan fingerprint density at radius 3 is 2.42 bits per heavy atom. The molecule has 0 aliphatic heterocycles. The van der Waals surface area contributed by atoms with Crippen LogP contribution in [0.3, 0.4) is 0 Å². The number of rotatable bonds is 7. The van der Waals surface area contributed by atoms with Crippen LogP contribution in [0.15, 0.2) is 24.3 Å². The fourth-order valence-corrected chi connectivity index (χ4v) is 1.85. The smallest absolute Gasteiger partial charge is 0.236 e. The fourth-order valence-electron chi connectivity index (χ4n) is 1.85. The van der Waals surface area contributed by atoms with Crippen LogP contribution >= 0.6 is 0 Å². The van der Waals surface area contributed by atoms with Crippen molar-refractivity contribution in [2.45, 2.75) is 19.9 Å². The first-order chi connectivity index (χ1) is 9.02. The summed E-state index contributed by atoms with van der Waals surface area (Å²) in [6, 6.07) is 8.27. The van der Waals surface area contributed by atoms with Gasteiger partial charge in [-0.05, 0) is 39.0 Å². The molecule has 0 bridgehead atoms. The minimum atomic E-state index is 0.139. The predicted octanol–water partition coefficient (Wildman–Crippen LogP) is 1.23. The number of nitrogens with two attached hydrogens (primary N) is 1. The number of hydrogen-bond donors (Lipinski definition) is 1. The van der Waals surface area contributed by atoms with Gasteiger partial charge in [-0.3, -0.25) is 9.69 Å². The summed E-state index contributed by atoms with van der Waals surface area (Å²) < 4.78 is 0. The molecule has 19 heavy (non-hydrogen) atoms. The van der Waals surface area contributed by atoms with Gasteiger partial charge in [0, 0.05) is 13.6 Å². The van der Waals surface area contributed by atoms with Gasteiger partial charge in [0.05, 0.1) is 6.54 Å². The number of likely N-dealkylation sites (N-methyl/N-ethyl adjacent to an activating group) is 2. The first kappa shape index (κ1) is 15.7. The molecule has 0 aromatic heterocycles. The van der Waals surface area contributed by atoms with Gasteiger partial charge in [-0.15, -0.1) is 0 Å². The van der Waals surface area contributed by atoms with Crippen LogP contribution in [0.25, 0.3) is 0 Å². The van der Waals surface area contributed by atoms with Gasteiger partial charge in [0.15, 0.2) is 0 Å². The van der Waals surface area contributed by atoms with Crippen LogP contribution in [0.2, 0.25) is 0 Å². The monoisotopic (exact) mass is 263 g/mol. The first-order valence-electron chi connectivity index (χ1n) is 6.71. The predicted molar refractivity (Wildman–Crippen MR) is 78.8 cm³/mol. The molecule has 0 aliphatic carbocycles. The Hall–Kier alpha value is -1.39. The van der Waals surface area contributed by atoms with Crippen LogP contribution in [0.1, 0.15) is 17.5 Å². The molecule has 4 heteroatoms. The van der Waals surface area contributed by atoms with Crippen molar-refractivity contribution in [3.05, 3.63) is 35.4 Å². The Morgan fingerprint density at radius 2 is 1.84 bits per heavy atom. The standard InChI is InChI=1S/C15H25N3O/c1-13-5-7-14(8-6-13)11-18(3)15(19)12-17(2)10-4-9-16/h5-8H,4,9-12,16H2,1-3H3. The van der Waals surface area contributed by atoms with Gasteiger partial charge in [-0.2, -0.15) is 0 Å². The zero-order chi connectivity index (χ0) is 14.3. The molecule has 106 valence electrons. The van der Waals surface area contributed by atoms with Crippen molar-refractivity contribution in [3.63, 3.8) is 0 Å². The van der Waals surface area contributed by atoms with E-state index in [0.717, 1.165) is 18.5 Å². The average molecular weight is 263 g/mol. The summed E-state index contributed by atoms with van der Waals surface area (Å²) in [5.41, 5.74) is 7.85. The van der Waals surface area contributed by atoms with Crippen molar-refractivity contribution >= 4 is 5.91 Å². The number of aryl methyl sites for hydroxylation is 1. The molecule has 0 atom stereocenters. The normalized spacial score (nSPS) is 10.8. The Morgan fingerprint density at radius 1 is 1.21 bits per heavy atom. The number of carbonyl (C=O) groups is 1. The van der Waals surface area contributed by atoms with Gasteiger partial charge < -0.3 is 10.6 Å².